The molecule has 0 radical (unpaired) electrons. The SMILES string of the molecule is CCOc1cnc(-c2cccc(Cl)c2)o1. The summed E-state index contributed by atoms with van der Waals surface area (Å²) in [6.07, 6.45) is 1.56. The van der Waals surface area contributed by atoms with Crippen LogP contribution in [0.5, 0.6) is 5.95 Å². The summed E-state index contributed by atoms with van der Waals surface area (Å²) in [5.41, 5.74) is 0.841. The van der Waals surface area contributed by atoms with Crippen molar-refractivity contribution in [2.75, 3.05) is 6.61 Å². The third-order valence-corrected chi connectivity index (χ3v) is 2.08. The molecular weight excluding hydrogens is 214 g/mol. The van der Waals surface area contributed by atoms with Gasteiger partial charge >= 0.3 is 5.95 Å². The second kappa shape index (κ2) is 4.36. The molecule has 0 aliphatic heterocycles. The van der Waals surface area contributed by atoms with Gasteiger partial charge in [-0.1, -0.05) is 17.7 Å². The second-order valence-electron chi connectivity index (χ2n) is 2.93. The van der Waals surface area contributed by atoms with Gasteiger partial charge in [-0.3, -0.25) is 0 Å². The van der Waals surface area contributed by atoms with Gasteiger partial charge in [-0.15, -0.1) is 0 Å². The lowest BCUT2D eigenvalue weighted by Crippen LogP contribution is -1.87. The number of rotatable bonds is 3. The van der Waals surface area contributed by atoms with Crippen LogP contribution in [0.3, 0.4) is 0 Å². The average Bonchev–Trinajstić information content (AvgIpc) is 2.67. The van der Waals surface area contributed by atoms with Crippen LogP contribution in [-0.4, -0.2) is 11.6 Å². The molecule has 0 N–H and O–H groups in total. The summed E-state index contributed by atoms with van der Waals surface area (Å²) in [6, 6.07) is 7.33. The second-order valence-corrected chi connectivity index (χ2v) is 3.36. The lowest BCUT2D eigenvalue weighted by atomic mass is 10.2. The average molecular weight is 224 g/mol. The van der Waals surface area contributed by atoms with Crippen LogP contribution < -0.4 is 4.74 Å². The van der Waals surface area contributed by atoms with Crippen molar-refractivity contribution in [2.24, 2.45) is 0 Å². The molecule has 0 saturated carbocycles. The third-order valence-electron chi connectivity index (χ3n) is 1.84. The monoisotopic (exact) mass is 223 g/mol. The minimum Gasteiger partial charge on any atom is -0.464 e. The molecule has 0 bridgehead atoms. The normalized spacial score (nSPS) is 10.3. The summed E-state index contributed by atoms with van der Waals surface area (Å²) >= 11 is 5.86. The highest BCUT2D eigenvalue weighted by molar-refractivity contribution is 6.30. The molecule has 3 nitrogen and oxygen atoms in total. The van der Waals surface area contributed by atoms with Crippen molar-refractivity contribution in [3.8, 4) is 17.4 Å². The molecule has 0 saturated heterocycles. The van der Waals surface area contributed by atoms with Crippen molar-refractivity contribution in [3.63, 3.8) is 0 Å². The zero-order valence-corrected chi connectivity index (χ0v) is 8.99. The number of oxazole rings is 1. The van der Waals surface area contributed by atoms with Gasteiger partial charge in [0, 0.05) is 10.6 Å². The highest BCUT2D eigenvalue weighted by atomic mass is 35.5. The van der Waals surface area contributed by atoms with E-state index in [4.69, 9.17) is 20.8 Å². The Kier molecular flexibility index (Phi) is 2.92. The summed E-state index contributed by atoms with van der Waals surface area (Å²) in [4.78, 5) is 4.10. The van der Waals surface area contributed by atoms with Crippen LogP contribution in [0.15, 0.2) is 34.9 Å². The molecule has 4 heteroatoms. The largest absolute Gasteiger partial charge is 0.464 e. The quantitative estimate of drug-likeness (QED) is 0.800. The van der Waals surface area contributed by atoms with E-state index in [1.165, 1.54) is 0 Å². The summed E-state index contributed by atoms with van der Waals surface area (Å²) < 4.78 is 10.5. The molecule has 0 unspecified atom stereocenters. The maximum Gasteiger partial charge on any atom is 0.305 e. The number of aromatic nitrogens is 1. The van der Waals surface area contributed by atoms with E-state index in [2.05, 4.69) is 4.98 Å². The first-order valence-corrected chi connectivity index (χ1v) is 5.02. The standard InChI is InChI=1S/C11H10ClNO2/c1-2-14-10-7-13-11(15-10)8-4-3-5-9(12)6-8/h3-7H,2H2,1H3. The van der Waals surface area contributed by atoms with Crippen molar-refractivity contribution < 1.29 is 9.15 Å². The van der Waals surface area contributed by atoms with Crippen molar-refractivity contribution in [2.45, 2.75) is 6.92 Å². The smallest absolute Gasteiger partial charge is 0.305 e. The van der Waals surface area contributed by atoms with Crippen LogP contribution in [0.25, 0.3) is 11.5 Å². The molecule has 0 aliphatic rings. The Balaban J connectivity index is 2.29. The zero-order valence-electron chi connectivity index (χ0n) is 8.24. The number of benzene rings is 1. The van der Waals surface area contributed by atoms with Gasteiger partial charge in [0.1, 0.15) is 6.20 Å². The third kappa shape index (κ3) is 2.30. The van der Waals surface area contributed by atoms with Crippen LogP contribution in [0.1, 0.15) is 6.92 Å². The summed E-state index contributed by atoms with van der Waals surface area (Å²) in [7, 11) is 0. The molecular formula is C11H10ClNO2. The van der Waals surface area contributed by atoms with E-state index in [1.807, 2.05) is 19.1 Å². The number of ether oxygens (including phenoxy) is 1. The molecule has 1 heterocycles. The number of nitrogens with zero attached hydrogens (tertiary/aromatic N) is 1. The molecule has 0 aliphatic carbocycles. The molecule has 2 aromatic rings. The molecule has 15 heavy (non-hydrogen) atoms. The molecule has 0 fully saturated rings. The van der Waals surface area contributed by atoms with Crippen molar-refractivity contribution in [1.29, 1.82) is 0 Å². The predicted octanol–water partition coefficient (Wildman–Crippen LogP) is 3.39. The topological polar surface area (TPSA) is 35.3 Å². The van der Waals surface area contributed by atoms with Crippen LogP contribution in [0.2, 0.25) is 5.02 Å². The molecule has 0 spiro atoms. The van der Waals surface area contributed by atoms with Crippen molar-refractivity contribution in [3.05, 3.63) is 35.5 Å². The Hall–Kier alpha value is -1.48. The van der Waals surface area contributed by atoms with Gasteiger partial charge in [-0.2, -0.15) is 0 Å². The fourth-order valence-corrected chi connectivity index (χ4v) is 1.41. The summed E-state index contributed by atoms with van der Waals surface area (Å²) in [5.74, 6) is 0.938. The van der Waals surface area contributed by atoms with Crippen LogP contribution in [-0.2, 0) is 0 Å². The minimum atomic E-state index is 0.424. The van der Waals surface area contributed by atoms with E-state index in [0.29, 0.717) is 23.5 Å². The first-order valence-electron chi connectivity index (χ1n) is 4.64. The molecule has 78 valence electrons. The van der Waals surface area contributed by atoms with Crippen molar-refractivity contribution >= 4 is 11.6 Å². The van der Waals surface area contributed by atoms with Gasteiger partial charge in [0.15, 0.2) is 0 Å². The van der Waals surface area contributed by atoms with Gasteiger partial charge in [-0.05, 0) is 25.1 Å². The maximum absolute atomic E-state index is 5.86. The molecule has 2 rings (SSSR count). The first-order chi connectivity index (χ1) is 7.29. The van der Waals surface area contributed by atoms with E-state index in [-0.39, 0.29) is 0 Å². The van der Waals surface area contributed by atoms with Gasteiger partial charge in [0.05, 0.1) is 6.61 Å². The fraction of sp³-hybridized carbons (Fsp3) is 0.182. The van der Waals surface area contributed by atoms with Crippen LogP contribution in [0.4, 0.5) is 0 Å². The van der Waals surface area contributed by atoms with Gasteiger partial charge < -0.3 is 9.15 Å². The van der Waals surface area contributed by atoms with Crippen LogP contribution >= 0.6 is 11.6 Å². The highest BCUT2D eigenvalue weighted by Gasteiger charge is 2.06. The van der Waals surface area contributed by atoms with E-state index in [9.17, 15) is 0 Å². The summed E-state index contributed by atoms with van der Waals surface area (Å²) in [6.45, 7) is 2.45. The molecule has 1 aromatic carbocycles. The molecule has 1 aromatic heterocycles. The zero-order chi connectivity index (χ0) is 10.7. The fourth-order valence-electron chi connectivity index (χ4n) is 1.22. The van der Waals surface area contributed by atoms with E-state index in [1.54, 1.807) is 18.3 Å². The lowest BCUT2D eigenvalue weighted by Gasteiger charge is -1.96. The highest BCUT2D eigenvalue weighted by Crippen LogP contribution is 2.25. The first kappa shape index (κ1) is 10.1. The molecule has 0 amide bonds. The Morgan fingerprint density at radius 1 is 1.47 bits per heavy atom. The Labute approximate surface area is 92.6 Å². The van der Waals surface area contributed by atoms with Gasteiger partial charge in [0.25, 0.3) is 0 Å². The number of hydrogen-bond donors (Lipinski definition) is 0. The minimum absolute atomic E-state index is 0.424. The van der Waals surface area contributed by atoms with E-state index >= 15 is 0 Å². The Morgan fingerprint density at radius 2 is 2.33 bits per heavy atom. The van der Waals surface area contributed by atoms with Gasteiger partial charge in [0.2, 0.25) is 5.89 Å². The maximum atomic E-state index is 5.86. The van der Waals surface area contributed by atoms with Crippen LogP contribution in [0, 0.1) is 0 Å². The van der Waals surface area contributed by atoms with Crippen molar-refractivity contribution in [1.82, 2.24) is 4.98 Å². The Bertz CT molecular complexity index is 453. The number of halogens is 1. The summed E-state index contributed by atoms with van der Waals surface area (Å²) in [5, 5.41) is 0.656. The van der Waals surface area contributed by atoms with Gasteiger partial charge in [-0.25, -0.2) is 4.98 Å². The van der Waals surface area contributed by atoms with E-state index in [0.717, 1.165) is 5.56 Å². The lowest BCUT2D eigenvalue weighted by molar-refractivity contribution is 0.260. The predicted molar refractivity (Wildman–Crippen MR) is 58.1 cm³/mol. The Morgan fingerprint density at radius 3 is 3.07 bits per heavy atom. The van der Waals surface area contributed by atoms with E-state index < -0.39 is 0 Å². The number of hydrogen-bond acceptors (Lipinski definition) is 3. The molecule has 0 atom stereocenters.